The van der Waals surface area contributed by atoms with E-state index in [2.05, 4.69) is 20.9 Å². The number of pyridine rings is 1. The molecular weight excluding hydrogens is 366 g/mol. The summed E-state index contributed by atoms with van der Waals surface area (Å²) in [7, 11) is 0. The molecule has 29 heavy (non-hydrogen) atoms. The number of nitrogens with one attached hydrogen (secondary N) is 2. The Balaban J connectivity index is 1.57. The van der Waals surface area contributed by atoms with E-state index in [1.165, 1.54) is 6.42 Å². The van der Waals surface area contributed by atoms with Crippen LogP contribution in [-0.2, 0) is 4.79 Å². The molecule has 0 atom stereocenters. The molecule has 4 rings (SSSR count). The van der Waals surface area contributed by atoms with Crippen LogP contribution in [0.1, 0.15) is 42.5 Å². The van der Waals surface area contributed by atoms with Crippen molar-refractivity contribution in [3.05, 3.63) is 66.6 Å². The summed E-state index contributed by atoms with van der Waals surface area (Å²) >= 11 is 0. The number of carbonyl (C=O) groups is 2. The van der Waals surface area contributed by atoms with E-state index < -0.39 is 5.91 Å². The number of nitrogens with zero attached hydrogens (tertiary/aromatic N) is 3. The molecule has 3 aromatic rings. The number of hydrogen-bond donors (Lipinski definition) is 2. The van der Waals surface area contributed by atoms with Crippen LogP contribution in [-0.4, -0.2) is 26.6 Å². The minimum atomic E-state index is -0.407. The number of carbonyl (C=O) groups excluding carboxylic acids is 2. The van der Waals surface area contributed by atoms with Crippen molar-refractivity contribution in [3.63, 3.8) is 0 Å². The molecule has 1 aliphatic rings. The van der Waals surface area contributed by atoms with E-state index >= 15 is 0 Å². The minimum absolute atomic E-state index is 0.0334. The Labute approximate surface area is 169 Å². The van der Waals surface area contributed by atoms with Gasteiger partial charge in [-0.2, -0.15) is 5.10 Å². The van der Waals surface area contributed by atoms with Gasteiger partial charge >= 0.3 is 0 Å². The van der Waals surface area contributed by atoms with Gasteiger partial charge < -0.3 is 0 Å². The number of amides is 2. The van der Waals surface area contributed by atoms with E-state index in [0.29, 0.717) is 11.3 Å². The molecule has 0 spiro atoms. The van der Waals surface area contributed by atoms with Crippen molar-refractivity contribution in [2.45, 2.75) is 32.1 Å². The van der Waals surface area contributed by atoms with Gasteiger partial charge in [-0.25, -0.2) is 4.68 Å². The predicted molar refractivity (Wildman–Crippen MR) is 109 cm³/mol. The second-order valence-corrected chi connectivity index (χ2v) is 7.19. The Morgan fingerprint density at radius 2 is 1.76 bits per heavy atom. The second-order valence-electron chi connectivity index (χ2n) is 7.19. The third-order valence-corrected chi connectivity index (χ3v) is 5.19. The molecule has 0 bridgehead atoms. The first kappa shape index (κ1) is 18.9. The third kappa shape index (κ3) is 4.34. The topological polar surface area (TPSA) is 88.9 Å². The van der Waals surface area contributed by atoms with Crippen LogP contribution in [0, 0.1) is 5.92 Å². The van der Waals surface area contributed by atoms with Crippen LogP contribution < -0.4 is 10.9 Å². The molecule has 2 heterocycles. The Morgan fingerprint density at radius 3 is 2.48 bits per heavy atom. The normalized spacial score (nSPS) is 14.3. The van der Waals surface area contributed by atoms with Gasteiger partial charge in [-0.1, -0.05) is 37.5 Å². The zero-order chi connectivity index (χ0) is 20.1. The molecule has 2 N–H and O–H groups in total. The summed E-state index contributed by atoms with van der Waals surface area (Å²) in [5.74, 6) is -0.569. The standard InChI is InChI=1S/C22H23N5O2/c28-21(16-8-3-1-4-9-16)24-25-22(29)19-15-27(18-11-5-2-6-12-18)26-20(19)17-10-7-13-23-14-17/h2,5-7,10-16H,1,3-4,8-9H2,(H,24,28)(H,25,29). The van der Waals surface area contributed by atoms with E-state index in [1.807, 2.05) is 36.4 Å². The number of benzene rings is 1. The highest BCUT2D eigenvalue weighted by atomic mass is 16.2. The van der Waals surface area contributed by atoms with Crippen molar-refractivity contribution in [2.75, 3.05) is 0 Å². The van der Waals surface area contributed by atoms with Gasteiger partial charge in [0.2, 0.25) is 5.91 Å². The van der Waals surface area contributed by atoms with Crippen LogP contribution in [0.3, 0.4) is 0 Å². The molecule has 0 radical (unpaired) electrons. The molecule has 148 valence electrons. The summed E-state index contributed by atoms with van der Waals surface area (Å²) in [5.41, 5.74) is 7.58. The zero-order valence-electron chi connectivity index (χ0n) is 16.0. The molecule has 0 aliphatic heterocycles. The summed E-state index contributed by atoms with van der Waals surface area (Å²) in [4.78, 5) is 29.4. The van der Waals surface area contributed by atoms with E-state index in [4.69, 9.17) is 0 Å². The van der Waals surface area contributed by atoms with Crippen molar-refractivity contribution in [1.82, 2.24) is 25.6 Å². The molecule has 7 heteroatoms. The maximum absolute atomic E-state index is 12.9. The maximum atomic E-state index is 12.9. The lowest BCUT2D eigenvalue weighted by Gasteiger charge is -2.20. The largest absolute Gasteiger partial charge is 0.273 e. The SMILES string of the molecule is O=C(NNC(=O)C1CCCCC1)c1cn(-c2ccccc2)nc1-c1cccnc1. The predicted octanol–water partition coefficient (Wildman–Crippen LogP) is 3.28. The van der Waals surface area contributed by atoms with Gasteiger partial charge in [-0.3, -0.25) is 25.4 Å². The number of hydrogen-bond acceptors (Lipinski definition) is 4. The molecule has 1 saturated carbocycles. The highest BCUT2D eigenvalue weighted by Crippen LogP contribution is 2.24. The summed E-state index contributed by atoms with van der Waals surface area (Å²) in [5, 5.41) is 4.59. The Morgan fingerprint density at radius 1 is 0.966 bits per heavy atom. The average Bonchev–Trinajstić information content (AvgIpc) is 3.25. The van der Waals surface area contributed by atoms with E-state index in [-0.39, 0.29) is 11.8 Å². The summed E-state index contributed by atoms with van der Waals surface area (Å²) < 4.78 is 1.65. The molecular formula is C22H23N5O2. The van der Waals surface area contributed by atoms with Crippen molar-refractivity contribution >= 4 is 11.8 Å². The zero-order valence-corrected chi connectivity index (χ0v) is 16.0. The number of para-hydroxylation sites is 1. The van der Waals surface area contributed by atoms with Crippen LogP contribution in [0.25, 0.3) is 16.9 Å². The number of rotatable bonds is 4. The smallest absolute Gasteiger partial charge is 0.273 e. The fourth-order valence-corrected chi connectivity index (χ4v) is 3.62. The van der Waals surface area contributed by atoms with Crippen LogP contribution in [0.4, 0.5) is 0 Å². The second kappa shape index (κ2) is 8.68. The fourth-order valence-electron chi connectivity index (χ4n) is 3.62. The molecule has 1 fully saturated rings. The first-order valence-corrected chi connectivity index (χ1v) is 9.88. The first-order valence-electron chi connectivity index (χ1n) is 9.88. The van der Waals surface area contributed by atoms with Gasteiger partial charge in [-0.15, -0.1) is 0 Å². The fraction of sp³-hybridized carbons (Fsp3) is 0.273. The molecule has 1 aliphatic carbocycles. The van der Waals surface area contributed by atoms with E-state index in [9.17, 15) is 9.59 Å². The maximum Gasteiger partial charge on any atom is 0.273 e. The first-order chi connectivity index (χ1) is 14.2. The molecule has 2 amide bonds. The summed E-state index contributed by atoms with van der Waals surface area (Å²) in [6.07, 6.45) is 10.0. The van der Waals surface area contributed by atoms with Gasteiger partial charge in [0.25, 0.3) is 5.91 Å². The lowest BCUT2D eigenvalue weighted by atomic mass is 9.89. The highest BCUT2D eigenvalue weighted by Gasteiger charge is 2.23. The van der Waals surface area contributed by atoms with Gasteiger partial charge in [0.1, 0.15) is 5.69 Å². The minimum Gasteiger partial charge on any atom is -0.273 e. The van der Waals surface area contributed by atoms with Crippen molar-refractivity contribution in [1.29, 1.82) is 0 Å². The summed E-state index contributed by atoms with van der Waals surface area (Å²) in [6, 6.07) is 13.2. The summed E-state index contributed by atoms with van der Waals surface area (Å²) in [6.45, 7) is 0. The van der Waals surface area contributed by atoms with Crippen LogP contribution in [0.5, 0.6) is 0 Å². The monoisotopic (exact) mass is 389 g/mol. The Kier molecular flexibility index (Phi) is 5.65. The van der Waals surface area contributed by atoms with Crippen LogP contribution in [0.15, 0.2) is 61.1 Å². The average molecular weight is 389 g/mol. The third-order valence-electron chi connectivity index (χ3n) is 5.19. The number of aromatic nitrogens is 3. The van der Waals surface area contributed by atoms with Crippen molar-refractivity contribution < 1.29 is 9.59 Å². The molecule has 2 aromatic heterocycles. The number of hydrazine groups is 1. The van der Waals surface area contributed by atoms with Gasteiger partial charge in [0.15, 0.2) is 0 Å². The van der Waals surface area contributed by atoms with E-state index in [0.717, 1.165) is 36.9 Å². The molecule has 0 saturated heterocycles. The quantitative estimate of drug-likeness (QED) is 0.670. The van der Waals surface area contributed by atoms with E-state index in [1.54, 1.807) is 29.3 Å². The Hall–Kier alpha value is -3.48. The molecule has 0 unspecified atom stereocenters. The lowest BCUT2D eigenvalue weighted by Crippen LogP contribution is -2.45. The van der Waals surface area contributed by atoms with Crippen LogP contribution in [0.2, 0.25) is 0 Å². The van der Waals surface area contributed by atoms with Crippen molar-refractivity contribution in [3.8, 4) is 16.9 Å². The lowest BCUT2D eigenvalue weighted by molar-refractivity contribution is -0.126. The molecule has 1 aromatic carbocycles. The van der Waals surface area contributed by atoms with Gasteiger partial charge in [0.05, 0.1) is 11.3 Å². The Bertz CT molecular complexity index is 979. The van der Waals surface area contributed by atoms with Crippen molar-refractivity contribution in [2.24, 2.45) is 5.92 Å². The van der Waals surface area contributed by atoms with Gasteiger partial charge in [0, 0.05) is 30.1 Å². The van der Waals surface area contributed by atoms with Crippen LogP contribution >= 0.6 is 0 Å². The molecule has 7 nitrogen and oxygen atoms in total. The van der Waals surface area contributed by atoms with Gasteiger partial charge in [-0.05, 0) is 37.1 Å². The highest BCUT2D eigenvalue weighted by molar-refractivity contribution is 6.00.